The van der Waals surface area contributed by atoms with Crippen LogP contribution in [-0.4, -0.2) is 41.0 Å². The van der Waals surface area contributed by atoms with Gasteiger partial charge in [-0.2, -0.15) is 11.2 Å². The van der Waals surface area contributed by atoms with Crippen LogP contribution in [0.1, 0.15) is 13.8 Å². The number of hydrogen-bond acceptors (Lipinski definition) is 7. The molecule has 2 aliphatic heterocycles. The lowest BCUT2D eigenvalue weighted by Gasteiger charge is -2.28. The zero-order valence-electron chi connectivity index (χ0n) is 10.7. The van der Waals surface area contributed by atoms with Crippen LogP contribution < -0.4 is 0 Å². The maximum Gasteiger partial charge on any atom is 0.189 e. The minimum absolute atomic E-state index is 0.122. The van der Waals surface area contributed by atoms with Crippen molar-refractivity contribution in [2.45, 2.75) is 35.8 Å². The van der Waals surface area contributed by atoms with E-state index in [2.05, 4.69) is 60.6 Å². The van der Waals surface area contributed by atoms with Gasteiger partial charge in [-0.25, -0.2) is 0 Å². The molecule has 2 rings (SSSR count). The van der Waals surface area contributed by atoms with Crippen LogP contribution >= 0.6 is 57.5 Å². The van der Waals surface area contributed by atoms with Crippen molar-refractivity contribution >= 4 is 63.9 Å². The number of thiol groups is 2. The van der Waals surface area contributed by atoms with Crippen molar-refractivity contribution in [3.63, 3.8) is 0 Å². The summed E-state index contributed by atoms with van der Waals surface area (Å²) in [6, 6.07) is 2.58. The van der Waals surface area contributed by atoms with Gasteiger partial charge in [-0.1, -0.05) is 24.6 Å². The second-order valence-electron chi connectivity index (χ2n) is 4.72. The molecule has 2 unspecified atom stereocenters. The minimum Gasteiger partial charge on any atom is -0.357 e. The number of ether oxygens (including phenoxy) is 2. The highest BCUT2D eigenvalue weighted by molar-refractivity contribution is 8.94. The Morgan fingerprint density at radius 3 is 2.00 bits per heavy atom. The van der Waals surface area contributed by atoms with Crippen LogP contribution in [0, 0.1) is 0 Å². The highest BCUT2D eigenvalue weighted by Gasteiger charge is 2.45. The third-order valence-electron chi connectivity index (χ3n) is 3.09. The first-order chi connectivity index (χ1) is 8.45. The second-order valence-corrected chi connectivity index (χ2v) is 19.9. The zero-order chi connectivity index (χ0) is 13.3. The lowest BCUT2D eigenvalue weighted by molar-refractivity contribution is 0.407. The average molecular weight is 361 g/mol. The van der Waals surface area contributed by atoms with Gasteiger partial charge in [0.05, 0.1) is 13.2 Å². The molecule has 0 aromatic heterocycles. The molecule has 0 aromatic rings. The predicted molar refractivity (Wildman–Crippen MR) is 94.6 cm³/mol. The fourth-order valence-corrected chi connectivity index (χ4v) is 18.1. The van der Waals surface area contributed by atoms with E-state index in [9.17, 15) is 0 Å². The molecule has 0 amide bonds. The monoisotopic (exact) mass is 360 g/mol. The van der Waals surface area contributed by atoms with Gasteiger partial charge in [0.1, 0.15) is 9.87 Å². The van der Waals surface area contributed by atoms with Crippen molar-refractivity contribution in [1.29, 1.82) is 0 Å². The third kappa shape index (κ3) is 4.72. The lowest BCUT2D eigenvalue weighted by Crippen LogP contribution is -2.26. The summed E-state index contributed by atoms with van der Waals surface area (Å²) in [7, 11) is 4.04. The molecular formula is C10H20O2S5Si. The molecule has 2 aliphatic rings. The summed E-state index contributed by atoms with van der Waals surface area (Å²) in [6.07, 6.45) is -1.31. The van der Waals surface area contributed by atoms with E-state index in [4.69, 9.17) is 9.47 Å². The first kappa shape index (κ1) is 16.3. The Hall–Kier alpha value is 1.89. The Kier molecular flexibility index (Phi) is 5.72. The van der Waals surface area contributed by atoms with E-state index in [-0.39, 0.29) is 9.87 Å². The van der Waals surface area contributed by atoms with E-state index in [1.165, 1.54) is 12.1 Å². The maximum atomic E-state index is 5.37. The van der Waals surface area contributed by atoms with Crippen LogP contribution in [0.2, 0.25) is 12.1 Å². The third-order valence-corrected chi connectivity index (χ3v) is 22.4. The molecule has 0 saturated carbocycles. The van der Waals surface area contributed by atoms with E-state index in [0.717, 1.165) is 24.7 Å². The lowest BCUT2D eigenvalue weighted by atomic mass is 10.6. The number of rotatable bonds is 9. The van der Waals surface area contributed by atoms with Gasteiger partial charge in [0, 0.05) is 11.5 Å². The van der Waals surface area contributed by atoms with Crippen molar-refractivity contribution in [2.24, 2.45) is 0 Å². The topological polar surface area (TPSA) is 25.1 Å². The van der Waals surface area contributed by atoms with Crippen molar-refractivity contribution in [1.82, 2.24) is 0 Å². The summed E-state index contributed by atoms with van der Waals surface area (Å²) in [5.41, 5.74) is 0. The van der Waals surface area contributed by atoms with Crippen molar-refractivity contribution in [2.75, 3.05) is 24.7 Å². The predicted octanol–water partition coefficient (Wildman–Crippen LogP) is 3.90. The van der Waals surface area contributed by atoms with E-state index >= 15 is 0 Å². The molecule has 0 aliphatic carbocycles. The molecular weight excluding hydrogens is 341 g/mol. The smallest absolute Gasteiger partial charge is 0.189 e. The van der Waals surface area contributed by atoms with E-state index < -0.39 is 6.37 Å². The molecule has 0 spiro atoms. The molecule has 0 radical (unpaired) electrons. The molecule has 0 bridgehead atoms. The summed E-state index contributed by atoms with van der Waals surface area (Å²) < 4.78 is 10.7. The Bertz CT molecular complexity index is 292. The summed E-state index contributed by atoms with van der Waals surface area (Å²) >= 11 is 11.1. The largest absolute Gasteiger partial charge is 0.357 e. The van der Waals surface area contributed by atoms with E-state index in [1.54, 1.807) is 0 Å². The molecule has 106 valence electrons. The molecule has 18 heavy (non-hydrogen) atoms. The van der Waals surface area contributed by atoms with Gasteiger partial charge < -0.3 is 9.47 Å². The van der Waals surface area contributed by atoms with Crippen LogP contribution in [-0.2, 0) is 9.47 Å². The highest BCUT2D eigenvalue weighted by Crippen LogP contribution is 2.50. The maximum absolute atomic E-state index is 5.37. The van der Waals surface area contributed by atoms with Crippen LogP contribution in [0.5, 0.6) is 0 Å². The SMILES string of the molecule is CC[Si](CC)(SCC1(S)CO1)SSCC1(S)CO1. The molecule has 2 atom stereocenters. The zero-order valence-corrected chi connectivity index (χ0v) is 15.9. The summed E-state index contributed by atoms with van der Waals surface area (Å²) in [5, 5.41) is 0. The van der Waals surface area contributed by atoms with Crippen molar-refractivity contribution < 1.29 is 9.47 Å². The van der Waals surface area contributed by atoms with Gasteiger partial charge in [0.15, 0.2) is 6.37 Å². The molecule has 8 heteroatoms. The summed E-state index contributed by atoms with van der Waals surface area (Å²) in [5.74, 6) is 2.01. The summed E-state index contributed by atoms with van der Waals surface area (Å²) in [6.45, 7) is 6.25. The molecule has 2 heterocycles. The first-order valence-corrected chi connectivity index (χ1v) is 14.2. The van der Waals surface area contributed by atoms with Crippen LogP contribution in [0.4, 0.5) is 0 Å². The molecule has 0 aromatic carbocycles. The first-order valence-electron chi connectivity index (χ1n) is 6.12. The number of epoxide rings is 2. The number of hydrogen-bond donors (Lipinski definition) is 2. The van der Waals surface area contributed by atoms with Crippen LogP contribution in [0.3, 0.4) is 0 Å². The molecule has 0 N–H and O–H groups in total. The normalized spacial score (nSPS) is 34.7. The van der Waals surface area contributed by atoms with Gasteiger partial charge in [-0.05, 0) is 12.1 Å². The van der Waals surface area contributed by atoms with Crippen LogP contribution in [0.25, 0.3) is 0 Å². The standard InChI is InChI=1S/C10H20O2S5Si/c1-3-18(4-2,16-8-10(14)6-12-10)17-15-7-9(13)5-11-9/h13-14H,3-8H2,1-2H3. The molecule has 2 nitrogen and oxygen atoms in total. The van der Waals surface area contributed by atoms with Gasteiger partial charge in [-0.15, -0.1) is 35.5 Å². The Balaban J connectivity index is 1.76. The Morgan fingerprint density at radius 2 is 1.56 bits per heavy atom. The van der Waals surface area contributed by atoms with Crippen molar-refractivity contribution in [3.8, 4) is 0 Å². The van der Waals surface area contributed by atoms with E-state index in [0.29, 0.717) is 0 Å². The average Bonchev–Trinajstić information content (AvgIpc) is 3.26. The Labute approximate surface area is 133 Å². The quantitative estimate of drug-likeness (QED) is 0.281. The van der Waals surface area contributed by atoms with Gasteiger partial charge in [-0.3, -0.25) is 0 Å². The van der Waals surface area contributed by atoms with E-state index in [1.807, 2.05) is 10.8 Å². The highest BCUT2D eigenvalue weighted by atomic mass is 33.2. The fourth-order valence-electron chi connectivity index (χ4n) is 1.40. The van der Waals surface area contributed by atoms with Gasteiger partial charge in [0.2, 0.25) is 0 Å². The minimum atomic E-state index is -1.31. The Morgan fingerprint density at radius 1 is 1.06 bits per heavy atom. The van der Waals surface area contributed by atoms with Gasteiger partial charge >= 0.3 is 0 Å². The van der Waals surface area contributed by atoms with Crippen molar-refractivity contribution in [3.05, 3.63) is 0 Å². The van der Waals surface area contributed by atoms with Gasteiger partial charge in [0.25, 0.3) is 0 Å². The summed E-state index contributed by atoms with van der Waals surface area (Å²) in [4.78, 5) is -0.253. The molecule has 2 fully saturated rings. The second kappa shape index (κ2) is 6.33. The fraction of sp³-hybridized carbons (Fsp3) is 1.00. The molecule has 2 saturated heterocycles. The van der Waals surface area contributed by atoms with Crippen LogP contribution in [0.15, 0.2) is 0 Å².